The lowest BCUT2D eigenvalue weighted by Crippen LogP contribution is -2.36. The van der Waals surface area contributed by atoms with Crippen molar-refractivity contribution in [2.45, 2.75) is 25.4 Å². The molecule has 0 aromatic heterocycles. The lowest BCUT2D eigenvalue weighted by atomic mass is 10.1. The first-order valence-electron chi connectivity index (χ1n) is 5.52. The number of carboxylic acid groups (broad SMARTS) is 1. The summed E-state index contributed by atoms with van der Waals surface area (Å²) in [5, 5.41) is 15.7. The molecule has 17 heavy (non-hydrogen) atoms. The van der Waals surface area contributed by atoms with E-state index in [0.29, 0.717) is 23.3 Å². The van der Waals surface area contributed by atoms with Gasteiger partial charge in [-0.1, -0.05) is 12.1 Å². The van der Waals surface area contributed by atoms with Crippen LogP contribution in [0.25, 0.3) is 0 Å². The maximum atomic E-state index is 10.7. The summed E-state index contributed by atoms with van der Waals surface area (Å²) in [6.07, 6.45) is 2.38. The molecule has 1 aliphatic rings. The van der Waals surface area contributed by atoms with Crippen molar-refractivity contribution >= 4 is 23.3 Å². The number of carbonyl (C=O) groups is 1. The summed E-state index contributed by atoms with van der Waals surface area (Å²) in [4.78, 5) is 10.7. The molecule has 1 fully saturated rings. The van der Waals surface area contributed by atoms with Gasteiger partial charge in [0.1, 0.15) is 0 Å². The fourth-order valence-electron chi connectivity index (χ4n) is 1.41. The topological polar surface area (TPSA) is 61.4 Å². The number of hydrogen-bond donors (Lipinski definition) is 3. The Labute approximate surface area is 105 Å². The fourth-order valence-corrected chi connectivity index (χ4v) is 1.65. The predicted octanol–water partition coefficient (Wildman–Crippen LogP) is 1.51. The molecule has 1 aliphatic carbocycles. The van der Waals surface area contributed by atoms with Gasteiger partial charge in [-0.05, 0) is 42.8 Å². The molecule has 3 N–H and O–H groups in total. The van der Waals surface area contributed by atoms with Crippen LogP contribution in [0, 0.1) is 0 Å². The van der Waals surface area contributed by atoms with E-state index >= 15 is 0 Å². The molecule has 0 heterocycles. The van der Waals surface area contributed by atoms with Gasteiger partial charge in [0, 0.05) is 12.6 Å². The highest BCUT2D eigenvalue weighted by atomic mass is 32.1. The standard InChI is InChI=1S/C12H14N2O2S/c15-11(16)9-3-1-8(2-4-9)7-13-12(17)14-10-5-6-10/h1-4,10H,5-7H2,(H,15,16)(H2,13,14,17). The SMILES string of the molecule is O=C(O)c1ccc(CNC(=S)NC2CC2)cc1. The number of carboxylic acids is 1. The second-order valence-corrected chi connectivity index (χ2v) is 4.51. The first-order valence-corrected chi connectivity index (χ1v) is 5.92. The van der Waals surface area contributed by atoms with Crippen LogP contribution >= 0.6 is 12.2 Å². The van der Waals surface area contributed by atoms with Crippen LogP contribution in [0.1, 0.15) is 28.8 Å². The Hall–Kier alpha value is -1.62. The van der Waals surface area contributed by atoms with Crippen molar-refractivity contribution < 1.29 is 9.90 Å². The maximum Gasteiger partial charge on any atom is 0.335 e. The van der Waals surface area contributed by atoms with E-state index in [2.05, 4.69) is 10.6 Å². The average Bonchev–Trinajstić information content (AvgIpc) is 3.11. The third-order valence-corrected chi connectivity index (χ3v) is 2.83. The van der Waals surface area contributed by atoms with Gasteiger partial charge in [0.25, 0.3) is 0 Å². The quantitative estimate of drug-likeness (QED) is 0.707. The molecule has 2 rings (SSSR count). The van der Waals surface area contributed by atoms with Crippen molar-refractivity contribution in [1.82, 2.24) is 10.6 Å². The molecule has 0 unspecified atom stereocenters. The molecular weight excluding hydrogens is 236 g/mol. The van der Waals surface area contributed by atoms with Crippen LogP contribution in [0.15, 0.2) is 24.3 Å². The van der Waals surface area contributed by atoms with E-state index in [9.17, 15) is 4.79 Å². The van der Waals surface area contributed by atoms with Gasteiger partial charge >= 0.3 is 5.97 Å². The van der Waals surface area contributed by atoms with Gasteiger partial charge in [0.2, 0.25) is 0 Å². The van der Waals surface area contributed by atoms with Crippen molar-refractivity contribution in [1.29, 1.82) is 0 Å². The van der Waals surface area contributed by atoms with Gasteiger partial charge < -0.3 is 15.7 Å². The molecule has 1 aromatic rings. The van der Waals surface area contributed by atoms with E-state index in [0.717, 1.165) is 5.56 Å². The highest BCUT2D eigenvalue weighted by Gasteiger charge is 2.21. The van der Waals surface area contributed by atoms with Gasteiger partial charge in [-0.15, -0.1) is 0 Å². The normalized spacial score (nSPS) is 14.1. The zero-order valence-corrected chi connectivity index (χ0v) is 10.1. The van der Waals surface area contributed by atoms with Gasteiger partial charge in [-0.25, -0.2) is 4.79 Å². The zero-order valence-electron chi connectivity index (χ0n) is 9.27. The number of rotatable bonds is 4. The first kappa shape index (κ1) is 11.9. The molecule has 1 saturated carbocycles. The Balaban J connectivity index is 1.81. The highest BCUT2D eigenvalue weighted by molar-refractivity contribution is 7.80. The van der Waals surface area contributed by atoms with Crippen molar-refractivity contribution in [3.05, 3.63) is 35.4 Å². The summed E-state index contributed by atoms with van der Waals surface area (Å²) < 4.78 is 0. The number of aromatic carboxylic acids is 1. The molecule has 0 amide bonds. The molecule has 1 aromatic carbocycles. The average molecular weight is 250 g/mol. The summed E-state index contributed by atoms with van der Waals surface area (Å²) in [5.41, 5.74) is 1.31. The number of thiocarbonyl (C=S) groups is 1. The molecule has 0 atom stereocenters. The summed E-state index contributed by atoms with van der Waals surface area (Å²) in [5.74, 6) is -0.907. The second-order valence-electron chi connectivity index (χ2n) is 4.10. The summed E-state index contributed by atoms with van der Waals surface area (Å²) in [7, 11) is 0. The molecule has 5 heteroatoms. The molecule has 4 nitrogen and oxygen atoms in total. The zero-order chi connectivity index (χ0) is 12.3. The Morgan fingerprint density at radius 3 is 2.53 bits per heavy atom. The molecule has 0 bridgehead atoms. The molecule has 0 spiro atoms. The van der Waals surface area contributed by atoms with E-state index in [4.69, 9.17) is 17.3 Å². The van der Waals surface area contributed by atoms with Crippen LogP contribution in [0.4, 0.5) is 0 Å². The van der Waals surface area contributed by atoms with E-state index in [1.165, 1.54) is 12.8 Å². The van der Waals surface area contributed by atoms with Gasteiger partial charge in [0.15, 0.2) is 5.11 Å². The summed E-state index contributed by atoms with van der Waals surface area (Å²) >= 11 is 5.12. The van der Waals surface area contributed by atoms with Crippen LogP contribution in [0.2, 0.25) is 0 Å². The summed E-state index contributed by atoms with van der Waals surface area (Å²) in [6.45, 7) is 0.610. The third-order valence-electron chi connectivity index (χ3n) is 2.57. The van der Waals surface area contributed by atoms with Gasteiger partial charge in [-0.2, -0.15) is 0 Å². The lowest BCUT2D eigenvalue weighted by Gasteiger charge is -2.09. The van der Waals surface area contributed by atoms with Crippen LogP contribution in [-0.2, 0) is 6.54 Å². The molecule has 90 valence electrons. The van der Waals surface area contributed by atoms with E-state index in [-0.39, 0.29) is 0 Å². The Bertz CT molecular complexity index is 427. The lowest BCUT2D eigenvalue weighted by molar-refractivity contribution is 0.0697. The van der Waals surface area contributed by atoms with Crippen LogP contribution in [0.3, 0.4) is 0 Å². The highest BCUT2D eigenvalue weighted by Crippen LogP contribution is 2.18. The minimum atomic E-state index is -0.907. The molecule has 0 radical (unpaired) electrons. The molecule has 0 saturated heterocycles. The van der Waals surface area contributed by atoms with Crippen LogP contribution in [-0.4, -0.2) is 22.2 Å². The Morgan fingerprint density at radius 2 is 2.00 bits per heavy atom. The van der Waals surface area contributed by atoms with E-state index in [1.54, 1.807) is 24.3 Å². The minimum absolute atomic E-state index is 0.299. The van der Waals surface area contributed by atoms with E-state index < -0.39 is 5.97 Å². The molecule has 0 aliphatic heterocycles. The smallest absolute Gasteiger partial charge is 0.335 e. The van der Waals surface area contributed by atoms with Crippen molar-refractivity contribution in [2.24, 2.45) is 0 Å². The predicted molar refractivity (Wildman–Crippen MR) is 69.0 cm³/mol. The van der Waals surface area contributed by atoms with Gasteiger partial charge in [-0.3, -0.25) is 0 Å². The monoisotopic (exact) mass is 250 g/mol. The van der Waals surface area contributed by atoms with E-state index in [1.807, 2.05) is 0 Å². The van der Waals surface area contributed by atoms with Crippen LogP contribution in [0.5, 0.6) is 0 Å². The minimum Gasteiger partial charge on any atom is -0.478 e. The largest absolute Gasteiger partial charge is 0.478 e. The van der Waals surface area contributed by atoms with Gasteiger partial charge in [0.05, 0.1) is 5.56 Å². The van der Waals surface area contributed by atoms with Crippen molar-refractivity contribution in [3.63, 3.8) is 0 Å². The van der Waals surface area contributed by atoms with Crippen molar-refractivity contribution in [3.8, 4) is 0 Å². The van der Waals surface area contributed by atoms with Crippen LogP contribution < -0.4 is 10.6 Å². The maximum absolute atomic E-state index is 10.7. The number of benzene rings is 1. The Morgan fingerprint density at radius 1 is 1.35 bits per heavy atom. The number of hydrogen-bond acceptors (Lipinski definition) is 2. The molecular formula is C12H14N2O2S. The Kier molecular flexibility index (Phi) is 3.58. The first-order chi connectivity index (χ1) is 8.15. The number of nitrogens with one attached hydrogen (secondary N) is 2. The fraction of sp³-hybridized carbons (Fsp3) is 0.333. The third kappa shape index (κ3) is 3.71. The second kappa shape index (κ2) is 5.14. The van der Waals surface area contributed by atoms with Crippen molar-refractivity contribution in [2.75, 3.05) is 0 Å². The summed E-state index contributed by atoms with van der Waals surface area (Å²) in [6, 6.07) is 7.31.